The maximum absolute atomic E-state index is 12.8. The van der Waals surface area contributed by atoms with Crippen molar-refractivity contribution in [2.75, 3.05) is 19.7 Å². The SMILES string of the molecule is Fc1cccc(OCCC2=CCNCC2)c1. The van der Waals surface area contributed by atoms with E-state index in [1.165, 1.54) is 17.7 Å². The van der Waals surface area contributed by atoms with Crippen LogP contribution >= 0.6 is 0 Å². The van der Waals surface area contributed by atoms with E-state index >= 15 is 0 Å². The molecule has 86 valence electrons. The van der Waals surface area contributed by atoms with Crippen LogP contribution in [0, 0.1) is 5.82 Å². The highest BCUT2D eigenvalue weighted by Gasteiger charge is 2.03. The average Bonchev–Trinajstić information content (AvgIpc) is 2.30. The Balaban J connectivity index is 1.77. The van der Waals surface area contributed by atoms with E-state index in [4.69, 9.17) is 4.74 Å². The van der Waals surface area contributed by atoms with Gasteiger partial charge < -0.3 is 10.1 Å². The molecule has 16 heavy (non-hydrogen) atoms. The topological polar surface area (TPSA) is 21.3 Å². The van der Waals surface area contributed by atoms with Crippen molar-refractivity contribution in [1.82, 2.24) is 5.32 Å². The highest BCUT2D eigenvalue weighted by atomic mass is 19.1. The van der Waals surface area contributed by atoms with E-state index in [0.29, 0.717) is 12.4 Å². The molecule has 1 aliphatic heterocycles. The number of hydrogen-bond acceptors (Lipinski definition) is 2. The van der Waals surface area contributed by atoms with E-state index in [-0.39, 0.29) is 5.82 Å². The molecule has 1 aromatic rings. The number of benzene rings is 1. The summed E-state index contributed by atoms with van der Waals surface area (Å²) < 4.78 is 18.3. The molecule has 0 amide bonds. The summed E-state index contributed by atoms with van der Waals surface area (Å²) in [5.74, 6) is 0.355. The van der Waals surface area contributed by atoms with E-state index in [9.17, 15) is 4.39 Å². The van der Waals surface area contributed by atoms with Crippen molar-refractivity contribution in [3.63, 3.8) is 0 Å². The number of rotatable bonds is 4. The standard InChI is InChI=1S/C13H16FNO/c14-12-2-1-3-13(10-12)16-9-6-11-4-7-15-8-5-11/h1-4,10,15H,5-9H2. The maximum Gasteiger partial charge on any atom is 0.126 e. The van der Waals surface area contributed by atoms with Crippen molar-refractivity contribution in [3.8, 4) is 5.75 Å². The number of nitrogens with one attached hydrogen (secondary N) is 1. The second-order valence-electron chi connectivity index (χ2n) is 3.87. The van der Waals surface area contributed by atoms with Gasteiger partial charge in [-0.2, -0.15) is 0 Å². The first-order valence-corrected chi connectivity index (χ1v) is 5.61. The molecule has 1 aliphatic rings. The molecule has 0 unspecified atom stereocenters. The minimum atomic E-state index is -0.251. The Morgan fingerprint density at radius 2 is 2.31 bits per heavy atom. The molecule has 3 heteroatoms. The Labute approximate surface area is 95.1 Å². The Bertz CT molecular complexity index is 376. The van der Waals surface area contributed by atoms with Crippen LogP contribution in [-0.2, 0) is 0 Å². The van der Waals surface area contributed by atoms with Gasteiger partial charge in [-0.05, 0) is 25.1 Å². The summed E-state index contributed by atoms with van der Waals surface area (Å²) in [6.45, 7) is 2.62. The summed E-state index contributed by atoms with van der Waals surface area (Å²) in [6.07, 6.45) is 4.23. The van der Waals surface area contributed by atoms with E-state index in [2.05, 4.69) is 11.4 Å². The lowest BCUT2D eigenvalue weighted by atomic mass is 10.1. The molecule has 1 N–H and O–H groups in total. The molecule has 0 saturated carbocycles. The van der Waals surface area contributed by atoms with Crippen LogP contribution in [0.4, 0.5) is 4.39 Å². The van der Waals surface area contributed by atoms with Gasteiger partial charge in [0.1, 0.15) is 11.6 Å². The van der Waals surface area contributed by atoms with E-state index < -0.39 is 0 Å². The molecule has 2 nitrogen and oxygen atoms in total. The summed E-state index contributed by atoms with van der Waals surface area (Å²) in [5, 5.41) is 3.26. The first-order chi connectivity index (χ1) is 7.84. The van der Waals surface area contributed by atoms with Gasteiger partial charge in [-0.1, -0.05) is 17.7 Å². The number of ether oxygens (including phenoxy) is 1. The second-order valence-corrected chi connectivity index (χ2v) is 3.87. The summed E-state index contributed by atoms with van der Waals surface area (Å²) in [7, 11) is 0. The highest BCUT2D eigenvalue weighted by molar-refractivity contribution is 5.22. The molecular weight excluding hydrogens is 205 g/mol. The zero-order chi connectivity index (χ0) is 11.2. The summed E-state index contributed by atoms with van der Waals surface area (Å²) in [6, 6.07) is 6.27. The average molecular weight is 221 g/mol. The predicted octanol–water partition coefficient (Wildman–Crippen LogP) is 2.51. The fourth-order valence-electron chi connectivity index (χ4n) is 1.75. The molecule has 0 spiro atoms. The summed E-state index contributed by atoms with van der Waals surface area (Å²) in [5.41, 5.74) is 1.43. The second kappa shape index (κ2) is 5.66. The molecule has 0 radical (unpaired) electrons. The van der Waals surface area contributed by atoms with Crippen molar-refractivity contribution in [2.24, 2.45) is 0 Å². The summed E-state index contributed by atoms with van der Waals surface area (Å²) in [4.78, 5) is 0. The van der Waals surface area contributed by atoms with Crippen LogP contribution in [0.3, 0.4) is 0 Å². The zero-order valence-corrected chi connectivity index (χ0v) is 9.21. The molecule has 0 atom stereocenters. The van der Waals surface area contributed by atoms with Gasteiger partial charge >= 0.3 is 0 Å². The molecule has 2 rings (SSSR count). The molecule has 0 fully saturated rings. The number of hydrogen-bond donors (Lipinski definition) is 1. The molecule has 0 bridgehead atoms. The van der Waals surface area contributed by atoms with E-state index in [1.54, 1.807) is 12.1 Å². The van der Waals surface area contributed by atoms with Crippen molar-refractivity contribution >= 4 is 0 Å². The van der Waals surface area contributed by atoms with Crippen molar-refractivity contribution in [1.29, 1.82) is 0 Å². The van der Waals surface area contributed by atoms with Gasteiger partial charge in [0.15, 0.2) is 0 Å². The smallest absolute Gasteiger partial charge is 0.126 e. The lowest BCUT2D eigenvalue weighted by Crippen LogP contribution is -2.21. The van der Waals surface area contributed by atoms with Gasteiger partial charge in [0.2, 0.25) is 0 Å². The third kappa shape index (κ3) is 3.35. The fourth-order valence-corrected chi connectivity index (χ4v) is 1.75. The van der Waals surface area contributed by atoms with Gasteiger partial charge in [-0.3, -0.25) is 0 Å². The molecule has 0 saturated heterocycles. The first kappa shape index (κ1) is 11.1. The Kier molecular flexibility index (Phi) is 3.94. The maximum atomic E-state index is 12.8. The zero-order valence-electron chi connectivity index (χ0n) is 9.21. The van der Waals surface area contributed by atoms with Crippen molar-refractivity contribution < 1.29 is 9.13 Å². The van der Waals surface area contributed by atoms with Crippen molar-refractivity contribution in [2.45, 2.75) is 12.8 Å². The lowest BCUT2D eigenvalue weighted by molar-refractivity contribution is 0.317. The monoisotopic (exact) mass is 221 g/mol. The molecular formula is C13H16FNO. The van der Waals surface area contributed by atoms with E-state index in [1.807, 2.05) is 0 Å². The largest absolute Gasteiger partial charge is 0.493 e. The molecule has 0 aliphatic carbocycles. The first-order valence-electron chi connectivity index (χ1n) is 5.61. The van der Waals surface area contributed by atoms with Crippen LogP contribution in [0.1, 0.15) is 12.8 Å². The van der Waals surface area contributed by atoms with Crippen LogP contribution in [0.15, 0.2) is 35.9 Å². The van der Waals surface area contributed by atoms with Crippen LogP contribution in [0.25, 0.3) is 0 Å². The Hall–Kier alpha value is -1.35. The van der Waals surface area contributed by atoms with Gasteiger partial charge in [-0.15, -0.1) is 0 Å². The lowest BCUT2D eigenvalue weighted by Gasteiger charge is -2.14. The summed E-state index contributed by atoms with van der Waals surface area (Å²) >= 11 is 0. The quantitative estimate of drug-likeness (QED) is 0.789. The third-order valence-electron chi connectivity index (χ3n) is 2.65. The van der Waals surface area contributed by atoms with Crippen LogP contribution in [0.5, 0.6) is 5.75 Å². The minimum absolute atomic E-state index is 0.251. The Morgan fingerprint density at radius 1 is 1.38 bits per heavy atom. The van der Waals surface area contributed by atoms with Crippen LogP contribution in [0.2, 0.25) is 0 Å². The fraction of sp³-hybridized carbons (Fsp3) is 0.385. The van der Waals surface area contributed by atoms with Gasteiger partial charge in [0.25, 0.3) is 0 Å². The predicted molar refractivity (Wildman–Crippen MR) is 62.1 cm³/mol. The highest BCUT2D eigenvalue weighted by Crippen LogP contribution is 2.14. The van der Waals surface area contributed by atoms with Crippen LogP contribution < -0.4 is 10.1 Å². The minimum Gasteiger partial charge on any atom is -0.493 e. The van der Waals surface area contributed by atoms with Gasteiger partial charge in [0.05, 0.1) is 6.61 Å². The third-order valence-corrected chi connectivity index (χ3v) is 2.65. The molecule has 1 heterocycles. The number of halogens is 1. The molecule has 0 aromatic heterocycles. The Morgan fingerprint density at radius 3 is 3.06 bits per heavy atom. The molecule has 1 aromatic carbocycles. The van der Waals surface area contributed by atoms with Gasteiger partial charge in [0, 0.05) is 19.0 Å². The van der Waals surface area contributed by atoms with E-state index in [0.717, 1.165) is 25.9 Å². The van der Waals surface area contributed by atoms with Crippen molar-refractivity contribution in [3.05, 3.63) is 41.7 Å². The van der Waals surface area contributed by atoms with Crippen LogP contribution in [-0.4, -0.2) is 19.7 Å². The normalized spacial score (nSPS) is 15.7. The van der Waals surface area contributed by atoms with Gasteiger partial charge in [-0.25, -0.2) is 4.39 Å².